The molecule has 1 heterocycles. The molecule has 2 aromatic rings. The molecule has 0 aliphatic rings. The lowest BCUT2D eigenvalue weighted by Gasteiger charge is -2.18. The van der Waals surface area contributed by atoms with Crippen molar-refractivity contribution in [1.82, 2.24) is 15.2 Å². The molecule has 0 aliphatic heterocycles. The van der Waals surface area contributed by atoms with Crippen LogP contribution in [0.2, 0.25) is 0 Å². The maximum absolute atomic E-state index is 11.5. The van der Waals surface area contributed by atoms with Crippen molar-refractivity contribution in [3.05, 3.63) is 41.2 Å². The summed E-state index contributed by atoms with van der Waals surface area (Å²) in [6.07, 6.45) is 0. The Kier molecular flexibility index (Phi) is 4.02. The highest BCUT2D eigenvalue weighted by molar-refractivity contribution is 5.88. The van der Waals surface area contributed by atoms with Crippen molar-refractivity contribution < 1.29 is 9.53 Å². The summed E-state index contributed by atoms with van der Waals surface area (Å²) in [5.74, 6) is -0.0252. The van der Waals surface area contributed by atoms with Crippen molar-refractivity contribution in [2.24, 2.45) is 0 Å². The van der Waals surface area contributed by atoms with Crippen LogP contribution in [0, 0.1) is 6.92 Å². The average Bonchev–Trinajstić information content (AvgIpc) is 2.45. The predicted octanol–water partition coefficient (Wildman–Crippen LogP) is 2.93. The average molecular weight is 285 g/mol. The smallest absolute Gasteiger partial charge is 0.360 e. The minimum Gasteiger partial charge on any atom is -0.464 e. The van der Waals surface area contributed by atoms with Gasteiger partial charge in [-0.2, -0.15) is 0 Å². The number of carbonyl (C=O) groups is 1. The lowest BCUT2D eigenvalue weighted by atomic mass is 9.87. The fourth-order valence-electron chi connectivity index (χ4n) is 1.93. The van der Waals surface area contributed by atoms with Crippen LogP contribution in [0.3, 0.4) is 0 Å². The summed E-state index contributed by atoms with van der Waals surface area (Å²) in [6, 6.07) is 8.05. The zero-order chi connectivity index (χ0) is 15.6. The zero-order valence-corrected chi connectivity index (χ0v) is 13.0. The summed E-state index contributed by atoms with van der Waals surface area (Å²) >= 11 is 0. The Bertz CT molecular complexity index is 658. The van der Waals surface area contributed by atoms with E-state index < -0.39 is 5.97 Å². The quantitative estimate of drug-likeness (QED) is 0.794. The van der Waals surface area contributed by atoms with Gasteiger partial charge in [-0.1, -0.05) is 45.0 Å². The number of rotatable bonds is 2. The van der Waals surface area contributed by atoms with E-state index in [9.17, 15) is 4.79 Å². The van der Waals surface area contributed by atoms with E-state index in [0.29, 0.717) is 11.5 Å². The highest BCUT2D eigenvalue weighted by Gasteiger charge is 2.16. The monoisotopic (exact) mass is 285 g/mol. The molecular formula is C16H19N3O2. The Morgan fingerprint density at radius 1 is 1.10 bits per heavy atom. The first-order valence-electron chi connectivity index (χ1n) is 6.73. The summed E-state index contributed by atoms with van der Waals surface area (Å²) < 4.78 is 4.63. The molecule has 2 rings (SSSR count). The fraction of sp³-hybridized carbons (Fsp3) is 0.375. The Morgan fingerprint density at radius 3 is 2.19 bits per heavy atom. The van der Waals surface area contributed by atoms with Crippen molar-refractivity contribution >= 4 is 5.97 Å². The zero-order valence-electron chi connectivity index (χ0n) is 13.0. The van der Waals surface area contributed by atoms with Gasteiger partial charge in [-0.05, 0) is 17.9 Å². The van der Waals surface area contributed by atoms with E-state index >= 15 is 0 Å². The second kappa shape index (κ2) is 5.60. The number of aromatic nitrogens is 3. The molecule has 1 aromatic heterocycles. The molecule has 21 heavy (non-hydrogen) atoms. The van der Waals surface area contributed by atoms with E-state index in [-0.39, 0.29) is 11.1 Å². The van der Waals surface area contributed by atoms with Crippen LogP contribution in [0.1, 0.15) is 42.5 Å². The number of hydrogen-bond donors (Lipinski definition) is 0. The number of benzene rings is 1. The molecule has 0 fully saturated rings. The van der Waals surface area contributed by atoms with Gasteiger partial charge in [0.2, 0.25) is 0 Å². The van der Waals surface area contributed by atoms with Crippen LogP contribution in [-0.4, -0.2) is 28.3 Å². The highest BCUT2D eigenvalue weighted by atomic mass is 16.5. The fourth-order valence-corrected chi connectivity index (χ4v) is 1.93. The lowest BCUT2D eigenvalue weighted by molar-refractivity contribution is 0.0591. The van der Waals surface area contributed by atoms with Gasteiger partial charge in [0.15, 0.2) is 11.5 Å². The second-order valence-corrected chi connectivity index (χ2v) is 5.89. The Balaban J connectivity index is 2.35. The molecule has 1 aromatic carbocycles. The number of methoxy groups -OCH3 is 1. The van der Waals surface area contributed by atoms with Gasteiger partial charge in [-0.15, -0.1) is 10.2 Å². The molecule has 0 N–H and O–H groups in total. The minimum absolute atomic E-state index is 0.0995. The van der Waals surface area contributed by atoms with Crippen molar-refractivity contribution in [3.63, 3.8) is 0 Å². The van der Waals surface area contributed by atoms with E-state index in [0.717, 1.165) is 5.56 Å². The first kappa shape index (κ1) is 15.1. The third-order valence-corrected chi connectivity index (χ3v) is 3.25. The molecular weight excluding hydrogens is 266 g/mol. The van der Waals surface area contributed by atoms with E-state index in [1.807, 2.05) is 12.1 Å². The maximum atomic E-state index is 11.5. The Hall–Kier alpha value is -2.30. The summed E-state index contributed by atoms with van der Waals surface area (Å²) in [6.45, 7) is 8.20. The van der Waals surface area contributed by atoms with Gasteiger partial charge >= 0.3 is 5.97 Å². The van der Waals surface area contributed by atoms with Gasteiger partial charge < -0.3 is 4.74 Å². The van der Waals surface area contributed by atoms with E-state index in [1.54, 1.807) is 6.92 Å². The van der Waals surface area contributed by atoms with E-state index in [2.05, 4.69) is 52.8 Å². The third-order valence-electron chi connectivity index (χ3n) is 3.25. The molecule has 0 unspecified atom stereocenters. The standard InChI is InChI=1S/C16H19N3O2/c1-10-13(15(20)21-5)18-19-14(17-10)11-6-8-12(9-7-11)16(2,3)4/h6-9H,1-5H3. The highest BCUT2D eigenvalue weighted by Crippen LogP contribution is 2.24. The molecule has 0 aliphatic carbocycles. The van der Waals surface area contributed by atoms with Gasteiger partial charge in [0.1, 0.15) is 0 Å². The van der Waals surface area contributed by atoms with Crippen LogP contribution in [0.5, 0.6) is 0 Å². The molecule has 0 saturated heterocycles. The van der Waals surface area contributed by atoms with Crippen LogP contribution < -0.4 is 0 Å². The summed E-state index contributed by atoms with van der Waals surface area (Å²) in [5.41, 5.74) is 2.86. The second-order valence-electron chi connectivity index (χ2n) is 5.89. The van der Waals surface area contributed by atoms with Crippen molar-refractivity contribution in [2.75, 3.05) is 7.11 Å². The van der Waals surface area contributed by atoms with Gasteiger partial charge in [-0.3, -0.25) is 0 Å². The van der Waals surface area contributed by atoms with Crippen LogP contribution in [0.25, 0.3) is 11.4 Å². The third kappa shape index (κ3) is 3.24. The van der Waals surface area contributed by atoms with E-state index in [1.165, 1.54) is 12.7 Å². The van der Waals surface area contributed by atoms with Crippen LogP contribution in [0.15, 0.2) is 24.3 Å². The lowest BCUT2D eigenvalue weighted by Crippen LogP contribution is -2.12. The Morgan fingerprint density at radius 2 is 1.71 bits per heavy atom. The number of aryl methyl sites for hydroxylation is 1. The van der Waals surface area contributed by atoms with Crippen LogP contribution in [-0.2, 0) is 10.2 Å². The largest absolute Gasteiger partial charge is 0.464 e. The van der Waals surface area contributed by atoms with Crippen molar-refractivity contribution in [2.45, 2.75) is 33.1 Å². The minimum atomic E-state index is -0.526. The molecule has 0 bridgehead atoms. The van der Waals surface area contributed by atoms with Crippen LogP contribution >= 0.6 is 0 Å². The molecule has 0 atom stereocenters. The molecule has 110 valence electrons. The number of hydrogen-bond acceptors (Lipinski definition) is 5. The first-order chi connectivity index (χ1) is 9.82. The van der Waals surface area contributed by atoms with Gasteiger partial charge in [0.05, 0.1) is 12.8 Å². The molecule has 5 nitrogen and oxygen atoms in total. The number of esters is 1. The van der Waals surface area contributed by atoms with E-state index in [4.69, 9.17) is 0 Å². The maximum Gasteiger partial charge on any atom is 0.360 e. The van der Waals surface area contributed by atoms with Gasteiger partial charge in [0, 0.05) is 5.56 Å². The number of ether oxygens (including phenoxy) is 1. The molecule has 0 amide bonds. The van der Waals surface area contributed by atoms with Crippen molar-refractivity contribution in [3.8, 4) is 11.4 Å². The predicted molar refractivity (Wildman–Crippen MR) is 80.0 cm³/mol. The summed E-state index contributed by atoms with van der Waals surface area (Å²) in [4.78, 5) is 15.8. The topological polar surface area (TPSA) is 65.0 Å². The first-order valence-corrected chi connectivity index (χ1v) is 6.73. The molecule has 0 radical (unpaired) electrons. The summed E-state index contributed by atoms with van der Waals surface area (Å²) in [5, 5.41) is 7.92. The SMILES string of the molecule is COC(=O)c1nnc(-c2ccc(C(C)(C)C)cc2)nc1C. The summed E-state index contributed by atoms with van der Waals surface area (Å²) in [7, 11) is 1.31. The number of nitrogens with zero attached hydrogens (tertiary/aromatic N) is 3. The normalized spacial score (nSPS) is 11.3. The number of carbonyl (C=O) groups excluding carboxylic acids is 1. The molecule has 5 heteroatoms. The van der Waals surface area contributed by atoms with Gasteiger partial charge in [0.25, 0.3) is 0 Å². The van der Waals surface area contributed by atoms with Crippen LogP contribution in [0.4, 0.5) is 0 Å². The Labute approximate surface area is 124 Å². The van der Waals surface area contributed by atoms with Gasteiger partial charge in [-0.25, -0.2) is 9.78 Å². The molecule has 0 saturated carbocycles. The van der Waals surface area contributed by atoms with Crippen molar-refractivity contribution in [1.29, 1.82) is 0 Å². The molecule has 0 spiro atoms.